The molecule has 0 atom stereocenters. The average molecular weight is 260 g/mol. The highest BCUT2D eigenvalue weighted by atomic mass is 32.2. The van der Waals surface area contributed by atoms with E-state index in [0.717, 1.165) is 16.4 Å². The molecule has 1 aromatic rings. The molecule has 0 heterocycles. The van der Waals surface area contributed by atoms with E-state index >= 15 is 0 Å². The van der Waals surface area contributed by atoms with E-state index in [-0.39, 0.29) is 10.6 Å². The summed E-state index contributed by atoms with van der Waals surface area (Å²) in [6.45, 7) is 0. The second kappa shape index (κ2) is 4.68. The molecular weight excluding hydrogens is 248 g/mol. The van der Waals surface area contributed by atoms with Crippen LogP contribution in [0.2, 0.25) is 0 Å². The van der Waals surface area contributed by atoms with Crippen molar-refractivity contribution in [3.05, 3.63) is 28.3 Å². The minimum atomic E-state index is -3.87. The van der Waals surface area contributed by atoms with Gasteiger partial charge in [0.2, 0.25) is 10.0 Å². The number of methoxy groups -OCH3 is 1. The second-order valence-corrected chi connectivity index (χ2v) is 5.50. The summed E-state index contributed by atoms with van der Waals surface area (Å²) in [5.74, 6) is 0.246. The number of nitro benzene ring substituents is 1. The predicted octanol–water partition coefficient (Wildman–Crippen LogP) is 0.854. The molecule has 0 saturated heterocycles. The Hall–Kier alpha value is -1.67. The summed E-state index contributed by atoms with van der Waals surface area (Å²) in [4.78, 5) is 9.65. The molecule has 0 aliphatic heterocycles. The van der Waals surface area contributed by atoms with Crippen LogP contribution in [-0.2, 0) is 10.0 Å². The number of benzene rings is 1. The number of sulfonamides is 1. The largest absolute Gasteiger partial charge is 0.497 e. The fourth-order valence-electron chi connectivity index (χ4n) is 1.18. The van der Waals surface area contributed by atoms with Crippen LogP contribution < -0.4 is 4.74 Å². The first-order valence-corrected chi connectivity index (χ1v) is 5.99. The van der Waals surface area contributed by atoms with E-state index in [4.69, 9.17) is 4.74 Å². The van der Waals surface area contributed by atoms with E-state index in [0.29, 0.717) is 0 Å². The fourth-order valence-corrected chi connectivity index (χ4v) is 2.24. The molecule has 0 fully saturated rings. The average Bonchev–Trinajstić information content (AvgIpc) is 2.27. The minimum Gasteiger partial charge on any atom is -0.497 e. The van der Waals surface area contributed by atoms with Crippen molar-refractivity contribution in [2.45, 2.75) is 4.90 Å². The van der Waals surface area contributed by atoms with E-state index in [1.807, 2.05) is 0 Å². The molecule has 0 aliphatic carbocycles. The van der Waals surface area contributed by atoms with Gasteiger partial charge in [0.1, 0.15) is 5.75 Å². The Morgan fingerprint density at radius 3 is 2.35 bits per heavy atom. The first kappa shape index (κ1) is 13.4. The van der Waals surface area contributed by atoms with Crippen molar-refractivity contribution in [3.63, 3.8) is 0 Å². The van der Waals surface area contributed by atoms with Crippen molar-refractivity contribution >= 4 is 15.7 Å². The van der Waals surface area contributed by atoms with Crippen molar-refractivity contribution < 1.29 is 18.1 Å². The van der Waals surface area contributed by atoms with Gasteiger partial charge in [-0.05, 0) is 6.07 Å². The highest BCUT2D eigenvalue weighted by molar-refractivity contribution is 7.89. The third kappa shape index (κ3) is 2.53. The summed E-state index contributed by atoms with van der Waals surface area (Å²) in [5, 5.41) is 10.8. The van der Waals surface area contributed by atoms with Gasteiger partial charge in [0, 0.05) is 26.2 Å². The maximum Gasteiger partial charge on any atom is 0.289 e. The molecule has 0 aromatic heterocycles. The first-order chi connectivity index (χ1) is 7.80. The topological polar surface area (TPSA) is 89.7 Å². The Kier molecular flexibility index (Phi) is 3.69. The van der Waals surface area contributed by atoms with Crippen LogP contribution >= 0.6 is 0 Å². The van der Waals surface area contributed by atoms with Crippen LogP contribution in [0.4, 0.5) is 5.69 Å². The molecule has 0 spiro atoms. The van der Waals surface area contributed by atoms with Gasteiger partial charge in [-0.15, -0.1) is 0 Å². The molecule has 8 heteroatoms. The van der Waals surface area contributed by atoms with Gasteiger partial charge >= 0.3 is 0 Å². The van der Waals surface area contributed by atoms with E-state index < -0.39 is 20.6 Å². The number of rotatable bonds is 4. The highest BCUT2D eigenvalue weighted by Crippen LogP contribution is 2.29. The number of hydrogen-bond acceptors (Lipinski definition) is 5. The SMILES string of the molecule is COc1ccc([N+](=O)[O-])c(S(=O)(=O)N(C)C)c1. The third-order valence-corrected chi connectivity index (χ3v) is 3.97. The van der Waals surface area contributed by atoms with Crippen LogP contribution in [0.5, 0.6) is 5.75 Å². The quantitative estimate of drug-likeness (QED) is 0.591. The summed E-state index contributed by atoms with van der Waals surface area (Å²) in [5.41, 5.74) is -0.473. The zero-order valence-electron chi connectivity index (χ0n) is 9.58. The number of hydrogen-bond donors (Lipinski definition) is 0. The summed E-state index contributed by atoms with van der Waals surface area (Å²) in [6, 6.07) is 3.58. The maximum absolute atomic E-state index is 11.9. The van der Waals surface area contributed by atoms with E-state index in [9.17, 15) is 18.5 Å². The van der Waals surface area contributed by atoms with Gasteiger partial charge in [-0.3, -0.25) is 10.1 Å². The van der Waals surface area contributed by atoms with E-state index in [1.54, 1.807) is 0 Å². The molecule has 0 N–H and O–H groups in total. The van der Waals surface area contributed by atoms with Crippen molar-refractivity contribution in [2.24, 2.45) is 0 Å². The maximum atomic E-state index is 11.9. The molecule has 7 nitrogen and oxygen atoms in total. The molecule has 94 valence electrons. The summed E-state index contributed by atoms with van der Waals surface area (Å²) in [6.07, 6.45) is 0. The molecule has 0 radical (unpaired) electrons. The third-order valence-electron chi connectivity index (χ3n) is 2.12. The Morgan fingerprint density at radius 1 is 1.35 bits per heavy atom. The monoisotopic (exact) mass is 260 g/mol. The van der Waals surface area contributed by atoms with Gasteiger partial charge in [-0.1, -0.05) is 0 Å². The molecule has 1 rings (SSSR count). The molecule has 0 unspecified atom stereocenters. The zero-order chi connectivity index (χ0) is 13.2. The zero-order valence-corrected chi connectivity index (χ0v) is 10.4. The fraction of sp³-hybridized carbons (Fsp3) is 0.333. The Morgan fingerprint density at radius 2 is 1.94 bits per heavy atom. The summed E-state index contributed by atoms with van der Waals surface area (Å²) >= 11 is 0. The Bertz CT molecular complexity index is 538. The van der Waals surface area contributed by atoms with Crippen molar-refractivity contribution in [1.82, 2.24) is 4.31 Å². The lowest BCUT2D eigenvalue weighted by Gasteiger charge is -2.12. The van der Waals surface area contributed by atoms with E-state index in [1.165, 1.54) is 27.3 Å². The minimum absolute atomic E-state index is 0.246. The predicted molar refractivity (Wildman–Crippen MR) is 60.5 cm³/mol. The van der Waals surface area contributed by atoms with Gasteiger partial charge in [0.15, 0.2) is 4.90 Å². The van der Waals surface area contributed by atoms with Crippen LogP contribution in [0, 0.1) is 10.1 Å². The lowest BCUT2D eigenvalue weighted by atomic mass is 10.3. The molecule has 17 heavy (non-hydrogen) atoms. The molecule has 0 saturated carbocycles. The number of nitro groups is 1. The van der Waals surface area contributed by atoms with Gasteiger partial charge in [0.25, 0.3) is 5.69 Å². The lowest BCUT2D eigenvalue weighted by Crippen LogP contribution is -2.23. The van der Waals surface area contributed by atoms with Crippen molar-refractivity contribution in [1.29, 1.82) is 0 Å². The molecule has 0 aliphatic rings. The van der Waals surface area contributed by atoms with Crippen LogP contribution in [-0.4, -0.2) is 38.9 Å². The molecule has 0 amide bonds. The van der Waals surface area contributed by atoms with Gasteiger partial charge in [-0.25, -0.2) is 12.7 Å². The van der Waals surface area contributed by atoms with Crippen molar-refractivity contribution in [2.75, 3.05) is 21.2 Å². The van der Waals surface area contributed by atoms with Crippen LogP contribution in [0.3, 0.4) is 0 Å². The highest BCUT2D eigenvalue weighted by Gasteiger charge is 2.28. The molecule has 1 aromatic carbocycles. The number of ether oxygens (including phenoxy) is 1. The van der Waals surface area contributed by atoms with Gasteiger partial charge in [0.05, 0.1) is 12.0 Å². The van der Waals surface area contributed by atoms with Gasteiger partial charge in [-0.2, -0.15) is 0 Å². The van der Waals surface area contributed by atoms with Crippen molar-refractivity contribution in [3.8, 4) is 5.75 Å². The van der Waals surface area contributed by atoms with Gasteiger partial charge < -0.3 is 4.74 Å². The normalized spacial score (nSPS) is 11.5. The summed E-state index contributed by atoms with van der Waals surface area (Å²) in [7, 11) is 0.0891. The van der Waals surface area contributed by atoms with Crippen LogP contribution in [0.25, 0.3) is 0 Å². The molecular formula is C9H12N2O5S. The summed E-state index contributed by atoms with van der Waals surface area (Å²) < 4.78 is 29.6. The smallest absolute Gasteiger partial charge is 0.289 e. The number of nitrogens with zero attached hydrogens (tertiary/aromatic N) is 2. The standard InChI is InChI=1S/C9H12N2O5S/c1-10(2)17(14,15)9-6-7(16-3)4-5-8(9)11(12)13/h4-6H,1-3H3. The molecule has 0 bridgehead atoms. The Balaban J connectivity index is 3.54. The Labute approximate surface area is 98.8 Å². The van der Waals surface area contributed by atoms with Crippen LogP contribution in [0.1, 0.15) is 0 Å². The van der Waals surface area contributed by atoms with Crippen LogP contribution in [0.15, 0.2) is 23.1 Å². The first-order valence-electron chi connectivity index (χ1n) is 4.55. The van der Waals surface area contributed by atoms with E-state index in [2.05, 4.69) is 0 Å². The lowest BCUT2D eigenvalue weighted by molar-refractivity contribution is -0.387. The second-order valence-electron chi connectivity index (χ2n) is 3.38.